The second-order valence-electron chi connectivity index (χ2n) is 13.5. The fraction of sp³-hybridized carbons (Fsp3) is 0.897. The molecule has 43 heavy (non-hydrogen) atoms. The molecule has 6 N–H and O–H groups in total. The van der Waals surface area contributed by atoms with E-state index in [1.165, 1.54) is 6.34 Å². The summed E-state index contributed by atoms with van der Waals surface area (Å²) in [6.07, 6.45) is 4.73. The van der Waals surface area contributed by atoms with Crippen molar-refractivity contribution in [2.75, 3.05) is 32.8 Å². The summed E-state index contributed by atoms with van der Waals surface area (Å²) in [5.41, 5.74) is 6.73. The number of likely N-dealkylation sites (N-methyl/N-ethyl adjacent to an activating group) is 1. The Kier molecular flexibility index (Phi) is 9.51. The molecule has 2 amide bonds. The van der Waals surface area contributed by atoms with Crippen LogP contribution in [0.4, 0.5) is 8.78 Å². The van der Waals surface area contributed by atoms with Crippen LogP contribution in [0.15, 0.2) is 4.99 Å². The lowest BCUT2D eigenvalue weighted by molar-refractivity contribution is -0.129. The smallest absolute Gasteiger partial charge is 0.261 e. The van der Waals surface area contributed by atoms with E-state index in [-0.39, 0.29) is 60.9 Å². The monoisotopic (exact) mass is 609 g/mol. The van der Waals surface area contributed by atoms with Crippen molar-refractivity contribution in [2.45, 2.75) is 108 Å². The lowest BCUT2D eigenvalue weighted by Crippen LogP contribution is -2.71. The molecular weight excluding hydrogens is 560 g/mol. The SMILES string of the molecule is CCN1NC=NC1C(=O)N[C@H](C1CN2NC(C[C@H]3C[C@H](C)CNC3=O)C(C3CCOCC3)NC2N1)[C@H]1CCCC(F)(F)C1. The van der Waals surface area contributed by atoms with Gasteiger partial charge in [0.05, 0.1) is 6.34 Å². The van der Waals surface area contributed by atoms with Crippen molar-refractivity contribution in [2.24, 2.45) is 28.7 Å². The van der Waals surface area contributed by atoms with Gasteiger partial charge in [0, 0.05) is 75.8 Å². The predicted molar refractivity (Wildman–Crippen MR) is 156 cm³/mol. The molecule has 6 aliphatic rings. The molecule has 5 unspecified atom stereocenters. The standard InChI is InChI=1S/C29H49F2N9O3/c1-3-39-25(33-16-34-39)27(42)36-24(19-5-4-8-29(30,31)13-19)22-15-40-28(35-22)37-23(18-6-9-43-10-7-18)21(38-40)12-20-11-17(2)14-32-26(20)41/h16-25,28,35,37-38H,3-15H2,1-2H3,(H,32,41)(H,33,34)(H,36,42)/t17-,19-,20+,21?,22?,23?,24-,25?,28?/m0/s1. The highest BCUT2D eigenvalue weighted by Crippen LogP contribution is 2.40. The number of rotatable bonds is 8. The molecule has 0 aromatic rings. The molecule has 0 bridgehead atoms. The quantitative estimate of drug-likeness (QED) is 0.233. The highest BCUT2D eigenvalue weighted by Gasteiger charge is 2.49. The van der Waals surface area contributed by atoms with E-state index in [0.717, 1.165) is 39.0 Å². The van der Waals surface area contributed by atoms with Crippen molar-refractivity contribution in [3.05, 3.63) is 0 Å². The molecule has 242 valence electrons. The van der Waals surface area contributed by atoms with Crippen LogP contribution in [0.3, 0.4) is 0 Å². The minimum absolute atomic E-state index is 0.0324. The van der Waals surface area contributed by atoms with Crippen LogP contribution in [0.2, 0.25) is 0 Å². The number of nitrogens with one attached hydrogen (secondary N) is 6. The summed E-state index contributed by atoms with van der Waals surface area (Å²) in [7, 11) is 0. The molecule has 5 heterocycles. The van der Waals surface area contributed by atoms with E-state index in [9.17, 15) is 18.4 Å². The van der Waals surface area contributed by atoms with Crippen LogP contribution in [0.5, 0.6) is 0 Å². The van der Waals surface area contributed by atoms with Gasteiger partial charge in [-0.05, 0) is 56.3 Å². The number of nitrogens with zero attached hydrogens (tertiary/aromatic N) is 3. The minimum atomic E-state index is -2.74. The van der Waals surface area contributed by atoms with Crippen molar-refractivity contribution >= 4 is 18.2 Å². The average molecular weight is 610 g/mol. The van der Waals surface area contributed by atoms with E-state index in [0.29, 0.717) is 44.2 Å². The zero-order chi connectivity index (χ0) is 30.1. The Hall–Kier alpha value is -1.97. The van der Waals surface area contributed by atoms with Gasteiger partial charge in [0.2, 0.25) is 11.8 Å². The first-order valence-electron chi connectivity index (χ1n) is 16.3. The van der Waals surface area contributed by atoms with Crippen molar-refractivity contribution in [3.8, 4) is 0 Å². The zero-order valence-electron chi connectivity index (χ0n) is 25.4. The maximum absolute atomic E-state index is 14.7. The maximum atomic E-state index is 14.7. The number of amides is 2. The zero-order valence-corrected chi connectivity index (χ0v) is 25.4. The summed E-state index contributed by atoms with van der Waals surface area (Å²) < 4.78 is 35.0. The van der Waals surface area contributed by atoms with Crippen LogP contribution in [-0.4, -0.2) is 104 Å². The Balaban J connectivity index is 1.20. The van der Waals surface area contributed by atoms with Gasteiger partial charge in [-0.15, -0.1) is 0 Å². The fourth-order valence-electron chi connectivity index (χ4n) is 8.19. The lowest BCUT2D eigenvalue weighted by atomic mass is 9.79. The van der Waals surface area contributed by atoms with Crippen LogP contribution in [0.1, 0.15) is 65.2 Å². The van der Waals surface area contributed by atoms with E-state index in [1.807, 2.05) is 6.92 Å². The number of alkyl halides is 2. The van der Waals surface area contributed by atoms with Crippen LogP contribution >= 0.6 is 0 Å². The van der Waals surface area contributed by atoms with Gasteiger partial charge in [-0.25, -0.2) is 24.2 Å². The molecule has 5 fully saturated rings. The number of carbonyl (C=O) groups is 2. The first-order chi connectivity index (χ1) is 20.7. The molecule has 5 aliphatic heterocycles. The van der Waals surface area contributed by atoms with Crippen molar-refractivity contribution < 1.29 is 23.1 Å². The van der Waals surface area contributed by atoms with Gasteiger partial charge in [0.1, 0.15) is 6.29 Å². The number of hydrazine groups is 2. The summed E-state index contributed by atoms with van der Waals surface area (Å²) in [4.78, 5) is 30.6. The normalized spacial score (nSPS) is 39.6. The second-order valence-corrected chi connectivity index (χ2v) is 13.5. The van der Waals surface area contributed by atoms with E-state index >= 15 is 0 Å². The molecule has 12 nitrogen and oxygen atoms in total. The van der Waals surface area contributed by atoms with Gasteiger partial charge < -0.3 is 20.8 Å². The van der Waals surface area contributed by atoms with Gasteiger partial charge >= 0.3 is 0 Å². The first kappa shape index (κ1) is 31.0. The van der Waals surface area contributed by atoms with Crippen LogP contribution in [0.25, 0.3) is 0 Å². The highest BCUT2D eigenvalue weighted by molar-refractivity contribution is 5.84. The van der Waals surface area contributed by atoms with Crippen LogP contribution in [0, 0.1) is 23.7 Å². The molecule has 1 aliphatic carbocycles. The first-order valence-corrected chi connectivity index (χ1v) is 16.3. The number of aliphatic imine (C=N–C) groups is 1. The van der Waals surface area contributed by atoms with E-state index in [2.05, 4.69) is 49.0 Å². The molecule has 0 spiro atoms. The summed E-state index contributed by atoms with van der Waals surface area (Å²) in [5, 5.41) is 17.6. The van der Waals surface area contributed by atoms with Crippen LogP contribution in [-0.2, 0) is 14.3 Å². The number of carbonyl (C=O) groups excluding carboxylic acids is 2. The fourth-order valence-corrected chi connectivity index (χ4v) is 8.19. The number of hydrogen-bond donors (Lipinski definition) is 6. The summed E-state index contributed by atoms with van der Waals surface area (Å²) >= 11 is 0. The van der Waals surface area contributed by atoms with E-state index in [1.54, 1.807) is 5.01 Å². The third-order valence-electron chi connectivity index (χ3n) is 10.4. The van der Waals surface area contributed by atoms with Crippen molar-refractivity contribution in [1.29, 1.82) is 0 Å². The second kappa shape index (κ2) is 13.2. The lowest BCUT2D eigenvalue weighted by Gasteiger charge is -2.47. The number of ether oxygens (including phenoxy) is 1. The molecule has 4 saturated heterocycles. The highest BCUT2D eigenvalue weighted by atomic mass is 19.3. The largest absolute Gasteiger partial charge is 0.381 e. The van der Waals surface area contributed by atoms with Gasteiger partial charge in [0.15, 0.2) is 6.17 Å². The Morgan fingerprint density at radius 2 is 2.07 bits per heavy atom. The Morgan fingerprint density at radius 1 is 1.26 bits per heavy atom. The van der Waals surface area contributed by atoms with Gasteiger partial charge in [-0.3, -0.25) is 20.2 Å². The Labute approximate surface area is 252 Å². The van der Waals surface area contributed by atoms with E-state index in [4.69, 9.17) is 4.74 Å². The average Bonchev–Trinajstić information content (AvgIpc) is 3.64. The molecule has 0 aromatic carbocycles. The number of halogens is 2. The van der Waals surface area contributed by atoms with Gasteiger partial charge in [-0.1, -0.05) is 13.8 Å². The Bertz CT molecular complexity index is 1030. The van der Waals surface area contributed by atoms with Crippen molar-refractivity contribution in [3.63, 3.8) is 0 Å². The molecule has 0 aromatic heterocycles. The molecule has 1 saturated carbocycles. The summed E-state index contributed by atoms with van der Waals surface area (Å²) in [6.45, 7) is 7.37. The molecule has 0 radical (unpaired) electrons. The van der Waals surface area contributed by atoms with Gasteiger partial charge in [-0.2, -0.15) is 5.01 Å². The minimum Gasteiger partial charge on any atom is -0.381 e. The number of piperidine rings is 1. The van der Waals surface area contributed by atoms with Crippen molar-refractivity contribution in [1.82, 2.24) is 42.1 Å². The summed E-state index contributed by atoms with van der Waals surface area (Å²) in [6, 6.07) is -0.601. The van der Waals surface area contributed by atoms with E-state index < -0.39 is 18.1 Å². The molecular formula is C29H49F2N9O3. The van der Waals surface area contributed by atoms with Crippen LogP contribution < -0.4 is 32.1 Å². The van der Waals surface area contributed by atoms with Gasteiger partial charge in [0.25, 0.3) is 5.91 Å². The molecule has 9 atom stereocenters. The molecule has 6 rings (SSSR count). The maximum Gasteiger partial charge on any atom is 0.261 e. The number of hydrogen-bond acceptors (Lipinski definition) is 10. The summed E-state index contributed by atoms with van der Waals surface area (Å²) in [5.74, 6) is -2.51. The predicted octanol–water partition coefficient (Wildman–Crippen LogP) is 0.483. The topological polar surface area (TPSA) is 134 Å². The Morgan fingerprint density at radius 3 is 2.84 bits per heavy atom. The molecule has 14 heteroatoms. The third-order valence-corrected chi connectivity index (χ3v) is 10.4. The third kappa shape index (κ3) is 6.99. The number of fused-ring (bicyclic) bond motifs is 1.